The van der Waals surface area contributed by atoms with Crippen LogP contribution in [-0.4, -0.2) is 63.2 Å². The summed E-state index contributed by atoms with van der Waals surface area (Å²) in [7, 11) is 8.10. The van der Waals surface area contributed by atoms with Crippen molar-refractivity contribution in [2.24, 2.45) is 5.73 Å². The Bertz CT molecular complexity index is 422. The first-order valence-electron chi connectivity index (χ1n) is 7.61. The molecule has 4 heteroatoms. The number of nitrogens with zero attached hydrogens (tertiary/aromatic N) is 2. The van der Waals surface area contributed by atoms with Crippen LogP contribution in [0.3, 0.4) is 0 Å². The molecule has 0 aliphatic rings. The molecule has 0 radical (unpaired) electrons. The molecule has 2 N–H and O–H groups in total. The number of benzene rings is 1. The molecule has 0 aromatic heterocycles. The van der Waals surface area contributed by atoms with Gasteiger partial charge in [0.15, 0.2) is 0 Å². The van der Waals surface area contributed by atoms with Crippen LogP contribution in [0.25, 0.3) is 0 Å². The summed E-state index contributed by atoms with van der Waals surface area (Å²) in [5.41, 5.74) is 7.25. The molecule has 0 saturated heterocycles. The molecular formula is C17H31N3O. The first-order chi connectivity index (χ1) is 9.92. The highest BCUT2D eigenvalue weighted by Gasteiger charge is 2.28. The predicted molar refractivity (Wildman–Crippen MR) is 90.0 cm³/mol. The minimum absolute atomic E-state index is 0.0546. The fraction of sp³-hybridized carbons (Fsp3) is 0.647. The largest absolute Gasteiger partial charge is 0.496 e. The van der Waals surface area contributed by atoms with E-state index < -0.39 is 0 Å². The molecule has 1 aromatic rings. The Labute approximate surface area is 129 Å². The van der Waals surface area contributed by atoms with Gasteiger partial charge in [-0.05, 0) is 65.6 Å². The van der Waals surface area contributed by atoms with E-state index in [0.29, 0.717) is 6.54 Å². The van der Waals surface area contributed by atoms with Crippen molar-refractivity contribution in [2.75, 3.05) is 47.9 Å². The molecule has 4 nitrogen and oxygen atoms in total. The normalized spacial score (nSPS) is 14.5. The lowest BCUT2D eigenvalue weighted by molar-refractivity contribution is 0.137. The van der Waals surface area contributed by atoms with E-state index in [-0.39, 0.29) is 5.54 Å². The van der Waals surface area contributed by atoms with Crippen molar-refractivity contribution in [3.8, 4) is 5.75 Å². The van der Waals surface area contributed by atoms with E-state index in [1.165, 1.54) is 5.56 Å². The molecule has 1 aromatic carbocycles. The Kier molecular flexibility index (Phi) is 7.15. The van der Waals surface area contributed by atoms with Crippen LogP contribution < -0.4 is 10.5 Å². The molecule has 0 amide bonds. The molecule has 0 spiro atoms. The van der Waals surface area contributed by atoms with E-state index in [9.17, 15) is 0 Å². The van der Waals surface area contributed by atoms with Gasteiger partial charge in [0.2, 0.25) is 0 Å². The van der Waals surface area contributed by atoms with Gasteiger partial charge in [-0.25, -0.2) is 0 Å². The molecule has 120 valence electrons. The predicted octanol–water partition coefficient (Wildman–Crippen LogP) is 1.84. The van der Waals surface area contributed by atoms with Gasteiger partial charge in [0, 0.05) is 12.1 Å². The quantitative estimate of drug-likeness (QED) is 0.754. The fourth-order valence-corrected chi connectivity index (χ4v) is 2.52. The smallest absolute Gasteiger partial charge is 0.122 e. The number of hydrogen-bond donors (Lipinski definition) is 1. The molecule has 0 saturated carbocycles. The summed E-state index contributed by atoms with van der Waals surface area (Å²) in [6.07, 6.45) is 2.04. The molecule has 1 unspecified atom stereocenters. The van der Waals surface area contributed by atoms with Crippen molar-refractivity contribution in [1.82, 2.24) is 9.80 Å². The van der Waals surface area contributed by atoms with Crippen LogP contribution in [0.2, 0.25) is 0 Å². The van der Waals surface area contributed by atoms with Gasteiger partial charge in [0.25, 0.3) is 0 Å². The SMILES string of the molecule is COc1ccccc1CC(C)(CN)N(C)CCCN(C)C. The maximum Gasteiger partial charge on any atom is 0.122 e. The summed E-state index contributed by atoms with van der Waals surface area (Å²) in [5.74, 6) is 0.943. The van der Waals surface area contributed by atoms with Gasteiger partial charge in [0.1, 0.15) is 5.75 Å². The Hall–Kier alpha value is -1.10. The van der Waals surface area contributed by atoms with Gasteiger partial charge >= 0.3 is 0 Å². The van der Waals surface area contributed by atoms with E-state index in [1.807, 2.05) is 12.1 Å². The highest BCUT2D eigenvalue weighted by atomic mass is 16.5. The van der Waals surface area contributed by atoms with Crippen LogP contribution in [0, 0.1) is 0 Å². The number of para-hydroxylation sites is 1. The first-order valence-corrected chi connectivity index (χ1v) is 7.61. The third kappa shape index (κ3) is 5.30. The second-order valence-corrected chi connectivity index (χ2v) is 6.27. The van der Waals surface area contributed by atoms with Gasteiger partial charge in [-0.2, -0.15) is 0 Å². The van der Waals surface area contributed by atoms with E-state index in [4.69, 9.17) is 10.5 Å². The minimum Gasteiger partial charge on any atom is -0.496 e. The fourth-order valence-electron chi connectivity index (χ4n) is 2.52. The van der Waals surface area contributed by atoms with Crippen LogP contribution in [0.1, 0.15) is 18.9 Å². The Morgan fingerprint density at radius 1 is 1.14 bits per heavy atom. The topological polar surface area (TPSA) is 41.7 Å². The molecule has 0 aliphatic heterocycles. The summed E-state index contributed by atoms with van der Waals surface area (Å²) in [6.45, 7) is 5.00. The number of hydrogen-bond acceptors (Lipinski definition) is 4. The van der Waals surface area contributed by atoms with Crippen molar-refractivity contribution in [2.45, 2.75) is 25.3 Å². The molecule has 0 heterocycles. The third-order valence-corrected chi connectivity index (χ3v) is 4.22. The lowest BCUT2D eigenvalue weighted by Crippen LogP contribution is -2.52. The van der Waals surface area contributed by atoms with E-state index in [0.717, 1.165) is 31.7 Å². The molecule has 0 aliphatic carbocycles. The van der Waals surface area contributed by atoms with Gasteiger partial charge in [0.05, 0.1) is 7.11 Å². The Morgan fingerprint density at radius 3 is 2.38 bits per heavy atom. The lowest BCUT2D eigenvalue weighted by atomic mass is 9.90. The summed E-state index contributed by atoms with van der Waals surface area (Å²) in [4.78, 5) is 4.59. The second-order valence-electron chi connectivity index (χ2n) is 6.27. The van der Waals surface area contributed by atoms with E-state index in [2.05, 4.69) is 50.0 Å². The number of rotatable bonds is 9. The highest BCUT2D eigenvalue weighted by molar-refractivity contribution is 5.34. The molecule has 1 rings (SSSR count). The summed E-state index contributed by atoms with van der Waals surface area (Å²) >= 11 is 0. The van der Waals surface area contributed by atoms with Crippen LogP contribution in [0.5, 0.6) is 5.75 Å². The molecule has 0 fully saturated rings. The van der Waals surface area contributed by atoms with Crippen molar-refractivity contribution in [3.63, 3.8) is 0 Å². The second kappa shape index (κ2) is 8.37. The van der Waals surface area contributed by atoms with E-state index >= 15 is 0 Å². The Morgan fingerprint density at radius 2 is 1.81 bits per heavy atom. The van der Waals surface area contributed by atoms with Crippen LogP contribution >= 0.6 is 0 Å². The van der Waals surface area contributed by atoms with Crippen molar-refractivity contribution >= 4 is 0 Å². The lowest BCUT2D eigenvalue weighted by Gasteiger charge is -2.39. The number of nitrogens with two attached hydrogens (primary N) is 1. The molecule has 0 bridgehead atoms. The van der Waals surface area contributed by atoms with Gasteiger partial charge in [-0.1, -0.05) is 18.2 Å². The van der Waals surface area contributed by atoms with Crippen LogP contribution in [-0.2, 0) is 6.42 Å². The van der Waals surface area contributed by atoms with Crippen LogP contribution in [0.15, 0.2) is 24.3 Å². The summed E-state index contributed by atoms with van der Waals surface area (Å²) < 4.78 is 5.46. The zero-order chi connectivity index (χ0) is 15.9. The molecular weight excluding hydrogens is 262 g/mol. The number of methoxy groups -OCH3 is 1. The monoisotopic (exact) mass is 293 g/mol. The van der Waals surface area contributed by atoms with Gasteiger partial charge in [-0.3, -0.25) is 4.90 Å². The third-order valence-electron chi connectivity index (χ3n) is 4.22. The van der Waals surface area contributed by atoms with Crippen molar-refractivity contribution in [1.29, 1.82) is 0 Å². The maximum atomic E-state index is 6.09. The number of likely N-dealkylation sites (N-methyl/N-ethyl adjacent to an activating group) is 1. The average molecular weight is 293 g/mol. The number of ether oxygens (including phenoxy) is 1. The molecule has 1 atom stereocenters. The maximum absolute atomic E-state index is 6.09. The summed E-state index contributed by atoms with van der Waals surface area (Å²) in [6, 6.07) is 8.20. The van der Waals surface area contributed by atoms with Crippen molar-refractivity contribution < 1.29 is 4.74 Å². The van der Waals surface area contributed by atoms with Crippen molar-refractivity contribution in [3.05, 3.63) is 29.8 Å². The van der Waals surface area contributed by atoms with E-state index in [1.54, 1.807) is 7.11 Å². The summed E-state index contributed by atoms with van der Waals surface area (Å²) in [5, 5.41) is 0. The van der Waals surface area contributed by atoms with Crippen LogP contribution in [0.4, 0.5) is 0 Å². The zero-order valence-electron chi connectivity index (χ0n) is 14.2. The minimum atomic E-state index is -0.0546. The first kappa shape index (κ1) is 18.0. The van der Waals surface area contributed by atoms with Gasteiger partial charge < -0.3 is 15.4 Å². The molecule has 21 heavy (non-hydrogen) atoms. The highest BCUT2D eigenvalue weighted by Crippen LogP contribution is 2.25. The van der Waals surface area contributed by atoms with Gasteiger partial charge in [-0.15, -0.1) is 0 Å². The average Bonchev–Trinajstić information content (AvgIpc) is 2.47. The zero-order valence-corrected chi connectivity index (χ0v) is 14.2. The Balaban J connectivity index is 2.74. The standard InChI is InChI=1S/C17H31N3O/c1-17(14-18,20(4)12-8-11-19(2)3)13-15-9-6-7-10-16(15)21-5/h6-7,9-10H,8,11-14,18H2,1-5H3.